The van der Waals surface area contributed by atoms with Crippen LogP contribution < -0.4 is 30.9 Å². The lowest BCUT2D eigenvalue weighted by molar-refractivity contribution is -0.134. The van der Waals surface area contributed by atoms with E-state index < -0.39 is 7.14 Å². The second kappa shape index (κ2) is 16.1. The summed E-state index contributed by atoms with van der Waals surface area (Å²) in [6.07, 6.45) is 7.77. The van der Waals surface area contributed by atoms with Crippen molar-refractivity contribution in [3.8, 4) is 5.75 Å². The van der Waals surface area contributed by atoms with Crippen molar-refractivity contribution >= 4 is 80.1 Å². The molecule has 5 aromatic rings. The van der Waals surface area contributed by atoms with E-state index in [0.29, 0.717) is 62.9 Å². The number of rotatable bonds is 11. The summed E-state index contributed by atoms with van der Waals surface area (Å²) >= 11 is 3.57. The molecule has 55 heavy (non-hydrogen) atoms. The minimum Gasteiger partial charge on any atom is -0.494 e. The number of ether oxygens (including phenoxy) is 1. The van der Waals surface area contributed by atoms with Crippen molar-refractivity contribution in [2.75, 3.05) is 56.1 Å². The van der Waals surface area contributed by atoms with Crippen LogP contribution in [0.15, 0.2) is 71.6 Å². The number of piperidine rings is 2. The predicted octanol–water partition coefficient (Wildman–Crippen LogP) is 6.86. The summed E-state index contributed by atoms with van der Waals surface area (Å²) in [5.74, 6) is 0.822. The van der Waals surface area contributed by atoms with Gasteiger partial charge >= 0.3 is 0 Å². The van der Waals surface area contributed by atoms with Gasteiger partial charge in [0.1, 0.15) is 24.2 Å². The number of carbonyl (C=O) groups excluding carboxylic acids is 2. The summed E-state index contributed by atoms with van der Waals surface area (Å²) < 4.78 is 20.0. The summed E-state index contributed by atoms with van der Waals surface area (Å²) in [5.41, 5.74) is 6.97. The van der Waals surface area contributed by atoms with E-state index in [1.54, 1.807) is 39.0 Å². The van der Waals surface area contributed by atoms with Gasteiger partial charge < -0.3 is 24.8 Å². The Balaban J connectivity index is 1.03. The van der Waals surface area contributed by atoms with E-state index in [9.17, 15) is 14.2 Å². The van der Waals surface area contributed by atoms with Crippen LogP contribution in [0.2, 0.25) is 0 Å². The molecule has 0 saturated carbocycles. The van der Waals surface area contributed by atoms with E-state index in [0.717, 1.165) is 60.5 Å². The normalized spacial score (nSPS) is 16.7. The average Bonchev–Trinajstić information content (AvgIpc) is 3.16. The lowest BCUT2D eigenvalue weighted by atomic mass is 9.87. The molecule has 0 aliphatic carbocycles. The number of amides is 2. The first-order valence-electron chi connectivity index (χ1n) is 18.3. The highest BCUT2D eigenvalue weighted by molar-refractivity contribution is 9.10. The highest BCUT2D eigenvalue weighted by atomic mass is 79.9. The van der Waals surface area contributed by atoms with Crippen LogP contribution in [0.1, 0.15) is 48.3 Å². The topological polar surface area (TPSA) is 155 Å². The first kappa shape index (κ1) is 38.4. The van der Waals surface area contributed by atoms with Crippen LogP contribution >= 0.6 is 23.1 Å². The number of hydrogen-bond acceptors (Lipinski definition) is 12. The van der Waals surface area contributed by atoms with Gasteiger partial charge in [-0.25, -0.2) is 4.98 Å². The van der Waals surface area contributed by atoms with Crippen molar-refractivity contribution in [3.05, 3.63) is 88.3 Å². The summed E-state index contributed by atoms with van der Waals surface area (Å²) in [4.78, 5) is 47.4. The quantitative estimate of drug-likeness (QED) is 0.0943. The van der Waals surface area contributed by atoms with Gasteiger partial charge in [-0.05, 0) is 97.4 Å². The Labute approximate surface area is 329 Å². The molecule has 286 valence electrons. The van der Waals surface area contributed by atoms with Crippen LogP contribution in [0, 0.1) is 6.92 Å². The van der Waals surface area contributed by atoms with Gasteiger partial charge in [0, 0.05) is 62.4 Å². The van der Waals surface area contributed by atoms with E-state index in [1.165, 1.54) is 0 Å². The highest BCUT2D eigenvalue weighted by Gasteiger charge is 2.31. The molecular weight excluding hydrogens is 781 g/mol. The number of fused-ring (bicyclic) bond motifs is 1. The first-order valence-corrected chi connectivity index (χ1v) is 21.7. The van der Waals surface area contributed by atoms with Crippen LogP contribution in [0.3, 0.4) is 0 Å². The smallest absolute Gasteiger partial charge is 0.234 e. The predicted molar refractivity (Wildman–Crippen MR) is 221 cm³/mol. The Morgan fingerprint density at radius 2 is 1.76 bits per heavy atom. The second-order valence-corrected chi connectivity index (χ2v) is 18.6. The maximum atomic E-state index is 13.5. The highest BCUT2D eigenvalue weighted by Crippen LogP contribution is 2.42. The number of nitrogens with zero attached hydrogens (tertiary/aromatic N) is 6. The minimum absolute atomic E-state index is 0.196. The second-order valence-electron chi connectivity index (χ2n) is 14.6. The Kier molecular flexibility index (Phi) is 11.2. The summed E-state index contributed by atoms with van der Waals surface area (Å²) in [5, 5.41) is 9.82. The number of carbonyl (C=O) groups is 2. The van der Waals surface area contributed by atoms with Crippen molar-refractivity contribution in [1.29, 1.82) is 0 Å². The molecule has 0 spiro atoms. The van der Waals surface area contributed by atoms with E-state index >= 15 is 0 Å². The van der Waals surface area contributed by atoms with Gasteiger partial charge in [-0.15, -0.1) is 0 Å². The maximum Gasteiger partial charge on any atom is 0.234 e. The molecule has 2 aliphatic rings. The summed E-state index contributed by atoms with van der Waals surface area (Å²) in [6.45, 7) is 8.04. The molecule has 0 bridgehead atoms. The Bertz CT molecular complexity index is 2310. The third kappa shape index (κ3) is 8.36. The van der Waals surface area contributed by atoms with Gasteiger partial charge in [-0.3, -0.25) is 29.8 Å². The number of aryl methyl sites for hydroxylation is 1. The SMILES string of the molecule is COc1cc(N2CCC(N(C)Cc3ccccc3C3CCC(=O)NC3=O)CC2)c(C)cc1Nc1ncc(Br)c(Nc2ccc3nccnc3c2P(C)(C)=O)n1. The molecule has 2 saturated heterocycles. The fourth-order valence-electron chi connectivity index (χ4n) is 7.67. The van der Waals surface area contributed by atoms with E-state index in [2.05, 4.69) is 88.8 Å². The minimum atomic E-state index is -2.77. The molecule has 1 atom stereocenters. The number of nitrogens with one attached hydrogen (secondary N) is 3. The van der Waals surface area contributed by atoms with Crippen LogP contribution in [0.5, 0.6) is 5.75 Å². The molecule has 13 nitrogen and oxygen atoms in total. The van der Waals surface area contributed by atoms with Crippen molar-refractivity contribution < 1.29 is 18.9 Å². The number of halogens is 1. The van der Waals surface area contributed by atoms with Gasteiger partial charge in [0.25, 0.3) is 0 Å². The molecule has 4 heterocycles. The third-order valence-corrected chi connectivity index (χ3v) is 12.5. The zero-order valence-electron chi connectivity index (χ0n) is 31.6. The van der Waals surface area contributed by atoms with Gasteiger partial charge in [0.2, 0.25) is 17.8 Å². The Morgan fingerprint density at radius 1 is 1.00 bits per heavy atom. The third-order valence-electron chi connectivity index (χ3n) is 10.4. The van der Waals surface area contributed by atoms with Gasteiger partial charge in [-0.1, -0.05) is 24.3 Å². The largest absolute Gasteiger partial charge is 0.494 e. The number of benzene rings is 3. The molecular formula is C40H45BrN9O4P. The first-order chi connectivity index (χ1) is 26.4. The molecule has 15 heteroatoms. The van der Waals surface area contributed by atoms with E-state index in [-0.39, 0.29) is 17.7 Å². The number of imide groups is 1. The van der Waals surface area contributed by atoms with Crippen LogP contribution in [-0.2, 0) is 20.7 Å². The van der Waals surface area contributed by atoms with Crippen molar-refractivity contribution in [3.63, 3.8) is 0 Å². The maximum absolute atomic E-state index is 13.5. The molecule has 3 N–H and O–H groups in total. The summed E-state index contributed by atoms with van der Waals surface area (Å²) in [7, 11) is 1.04. The van der Waals surface area contributed by atoms with Crippen LogP contribution in [0.25, 0.3) is 11.0 Å². The molecule has 2 aliphatic heterocycles. The standard InChI is InChI=1S/C40H45BrN9O4P/c1-24-20-32(46-40-44-22-29(41)38(48-40)45-31-12-11-30-36(43-17-16-42-30)37(31)55(4,5)53)34(54-3)21-33(24)50-18-14-26(15-19-50)49(2)23-25-8-6-7-9-27(25)28-10-13-35(51)47-39(28)52/h6-9,11-12,16-17,20-22,26,28H,10,13-15,18-19,23H2,1-5H3,(H,47,51,52)(H2,44,45,46,48). The van der Waals surface area contributed by atoms with Crippen molar-refractivity contribution in [2.24, 2.45) is 0 Å². The Morgan fingerprint density at radius 3 is 2.51 bits per heavy atom. The molecule has 0 radical (unpaired) electrons. The van der Waals surface area contributed by atoms with Crippen molar-refractivity contribution in [2.45, 2.75) is 51.1 Å². The van der Waals surface area contributed by atoms with E-state index in [1.807, 2.05) is 30.3 Å². The van der Waals surface area contributed by atoms with Crippen LogP contribution in [-0.4, -0.2) is 83.3 Å². The number of aromatic nitrogens is 4. The van der Waals surface area contributed by atoms with Crippen LogP contribution in [0.4, 0.5) is 28.8 Å². The monoisotopic (exact) mass is 825 g/mol. The molecule has 2 amide bonds. The number of hydrogen-bond donors (Lipinski definition) is 3. The molecule has 1 unspecified atom stereocenters. The molecule has 2 aromatic heterocycles. The molecule has 7 rings (SSSR count). The van der Waals surface area contributed by atoms with E-state index in [4.69, 9.17) is 9.72 Å². The zero-order valence-corrected chi connectivity index (χ0v) is 34.1. The number of methoxy groups -OCH3 is 1. The average molecular weight is 827 g/mol. The van der Waals surface area contributed by atoms with Gasteiger partial charge in [0.15, 0.2) is 0 Å². The van der Waals surface area contributed by atoms with Crippen molar-refractivity contribution in [1.82, 2.24) is 30.2 Å². The number of anilines is 5. The lowest BCUT2D eigenvalue weighted by Crippen LogP contribution is -2.43. The molecule has 3 aromatic carbocycles. The molecule has 2 fully saturated rings. The lowest BCUT2D eigenvalue weighted by Gasteiger charge is -2.39. The fraction of sp³-hybridized carbons (Fsp3) is 0.350. The Hall–Kier alpha value is -4.91. The fourth-order valence-corrected chi connectivity index (χ4v) is 9.35. The summed E-state index contributed by atoms with van der Waals surface area (Å²) in [6, 6.07) is 16.3. The van der Waals surface area contributed by atoms with Gasteiger partial charge in [0.05, 0.1) is 39.7 Å². The van der Waals surface area contributed by atoms with Gasteiger partial charge in [-0.2, -0.15) is 4.98 Å². The zero-order chi connectivity index (χ0) is 38.9.